The molecule has 1 aliphatic rings. The number of carboxylic acid groups (broad SMARTS) is 1. The zero-order chi connectivity index (χ0) is 35.3. The lowest BCUT2D eigenvalue weighted by Crippen LogP contribution is -2.60. The van der Waals surface area contributed by atoms with Gasteiger partial charge in [-0.1, -0.05) is 64.4 Å². The highest BCUT2D eigenvalue weighted by atomic mass is 16.4. The van der Waals surface area contributed by atoms with Gasteiger partial charge >= 0.3 is 12.9 Å². The molecule has 0 aliphatic carbocycles. The maximum Gasteiger partial charge on any atom is 0.327 e. The molecule has 0 radical (unpaired) electrons. The molecule has 15 heteroatoms. The van der Waals surface area contributed by atoms with Crippen LogP contribution >= 0.6 is 0 Å². The van der Waals surface area contributed by atoms with Crippen molar-refractivity contribution in [3.05, 3.63) is 35.9 Å². The molecule has 1 aromatic carbocycles. The van der Waals surface area contributed by atoms with Gasteiger partial charge in [0.25, 0.3) is 0 Å². The van der Waals surface area contributed by atoms with Crippen LogP contribution in [-0.4, -0.2) is 101 Å². The SMILES string of the molecule is CC[C@H](C)[C@H](NC(=O)[C@@H]1CCCN1CB(O)[C@H](Cc1ccccc1)NC(=O)[C@H](CC(N)=O)NC(=O)[C@H](CC(C)C)NC(C)=O)C(=O)O. The van der Waals surface area contributed by atoms with Crippen LogP contribution in [-0.2, 0) is 35.2 Å². The molecule has 8 N–H and O–H groups in total. The van der Waals surface area contributed by atoms with Gasteiger partial charge in [-0.2, -0.15) is 0 Å². The van der Waals surface area contributed by atoms with Crippen LogP contribution < -0.4 is 27.0 Å². The van der Waals surface area contributed by atoms with E-state index in [0.29, 0.717) is 32.2 Å². The van der Waals surface area contributed by atoms with E-state index >= 15 is 0 Å². The molecule has 0 aromatic heterocycles. The standard InChI is InChI=1S/C32H51BN6O8/c1-6-20(4)28(32(45)46)38-31(44)25-13-10-14-39(25)18-33(47)26(16-22-11-8-7-9-12-22)37-30(43)24(17-27(34)41)36-29(42)23(15-19(2)3)35-21(5)40/h7-9,11-12,19-20,23-26,28,47H,6,10,13-18H2,1-5H3,(H2,34,41)(H,35,40)(H,36,42)(H,37,43)(H,38,44)(H,45,46)/t20-,23-,24-,25-,26-,28-/m0/s1. The van der Waals surface area contributed by atoms with Crippen molar-refractivity contribution in [1.29, 1.82) is 0 Å². The van der Waals surface area contributed by atoms with Crippen LogP contribution in [0.15, 0.2) is 30.3 Å². The van der Waals surface area contributed by atoms with Crippen molar-refractivity contribution in [2.45, 2.75) is 103 Å². The van der Waals surface area contributed by atoms with Crippen LogP contribution in [0, 0.1) is 11.8 Å². The Morgan fingerprint density at radius 3 is 2.17 bits per heavy atom. The highest BCUT2D eigenvalue weighted by Gasteiger charge is 2.39. The smallest absolute Gasteiger partial charge is 0.327 e. The predicted octanol–water partition coefficient (Wildman–Crippen LogP) is -0.233. The largest absolute Gasteiger partial charge is 0.480 e. The third-order valence-electron chi connectivity index (χ3n) is 8.39. The number of primary amides is 1. The van der Waals surface area contributed by atoms with Crippen LogP contribution in [0.2, 0.25) is 0 Å². The molecule has 0 unspecified atom stereocenters. The first-order valence-electron chi connectivity index (χ1n) is 16.3. The lowest BCUT2D eigenvalue weighted by Gasteiger charge is -2.31. The zero-order valence-corrected chi connectivity index (χ0v) is 28.0. The highest BCUT2D eigenvalue weighted by Crippen LogP contribution is 2.20. The Hall–Kier alpha value is -3.98. The molecule has 47 heavy (non-hydrogen) atoms. The van der Waals surface area contributed by atoms with E-state index in [9.17, 15) is 38.9 Å². The fraction of sp³-hybridized carbons (Fsp3) is 0.625. The number of nitrogens with one attached hydrogen (secondary N) is 4. The number of hydrogen-bond acceptors (Lipinski definition) is 8. The van der Waals surface area contributed by atoms with Crippen molar-refractivity contribution in [2.24, 2.45) is 17.6 Å². The molecule has 1 heterocycles. The molecule has 1 aliphatic heterocycles. The van der Waals surface area contributed by atoms with Crippen LogP contribution in [0.25, 0.3) is 0 Å². The third kappa shape index (κ3) is 13.0. The fourth-order valence-corrected chi connectivity index (χ4v) is 5.71. The molecule has 2 rings (SSSR count). The van der Waals surface area contributed by atoms with Gasteiger partial charge in [-0.3, -0.25) is 28.9 Å². The summed E-state index contributed by atoms with van der Waals surface area (Å²) in [5.41, 5.74) is 6.22. The van der Waals surface area contributed by atoms with Gasteiger partial charge in [0.2, 0.25) is 29.5 Å². The summed E-state index contributed by atoms with van der Waals surface area (Å²) < 4.78 is 0. The number of amides is 5. The first kappa shape index (κ1) is 39.2. The number of nitrogens with two attached hydrogens (primary N) is 1. The average Bonchev–Trinajstić information content (AvgIpc) is 3.46. The Balaban J connectivity index is 2.27. The van der Waals surface area contributed by atoms with Crippen LogP contribution in [0.3, 0.4) is 0 Å². The number of benzene rings is 1. The number of rotatable bonds is 19. The van der Waals surface area contributed by atoms with Crippen molar-refractivity contribution in [2.75, 3.05) is 13.0 Å². The van der Waals surface area contributed by atoms with Crippen LogP contribution in [0.5, 0.6) is 0 Å². The molecule has 1 saturated heterocycles. The monoisotopic (exact) mass is 658 g/mol. The van der Waals surface area contributed by atoms with Gasteiger partial charge in [0.05, 0.1) is 12.5 Å². The summed E-state index contributed by atoms with van der Waals surface area (Å²) in [7, 11) is 0. The first-order valence-corrected chi connectivity index (χ1v) is 16.3. The van der Waals surface area contributed by atoms with Crippen LogP contribution in [0.4, 0.5) is 0 Å². The molecular formula is C32H51BN6O8. The van der Waals surface area contributed by atoms with E-state index in [1.807, 2.05) is 51.1 Å². The second kappa shape index (κ2) is 19.0. The summed E-state index contributed by atoms with van der Waals surface area (Å²) in [6.45, 7) is 7.89. The average molecular weight is 659 g/mol. The predicted molar refractivity (Wildman–Crippen MR) is 176 cm³/mol. The van der Waals surface area contributed by atoms with E-state index in [2.05, 4.69) is 21.3 Å². The summed E-state index contributed by atoms with van der Waals surface area (Å²) in [6.07, 6.45) is 1.64. The summed E-state index contributed by atoms with van der Waals surface area (Å²) in [6, 6.07) is 5.05. The van der Waals surface area contributed by atoms with Gasteiger partial charge in [-0.15, -0.1) is 0 Å². The molecule has 6 atom stereocenters. The molecule has 5 amide bonds. The van der Waals surface area contributed by atoms with E-state index in [1.165, 1.54) is 6.92 Å². The topological polar surface area (TPSA) is 220 Å². The summed E-state index contributed by atoms with van der Waals surface area (Å²) in [5, 5.41) is 31.7. The lowest BCUT2D eigenvalue weighted by molar-refractivity contribution is -0.144. The van der Waals surface area contributed by atoms with E-state index in [4.69, 9.17) is 5.73 Å². The van der Waals surface area contributed by atoms with Gasteiger partial charge in [0.15, 0.2) is 0 Å². The zero-order valence-electron chi connectivity index (χ0n) is 28.0. The Bertz CT molecular complexity index is 1240. The Labute approximate surface area is 277 Å². The summed E-state index contributed by atoms with van der Waals surface area (Å²) >= 11 is 0. The summed E-state index contributed by atoms with van der Waals surface area (Å²) in [4.78, 5) is 77.2. The second-order valence-corrected chi connectivity index (χ2v) is 12.8. The van der Waals surface area contributed by atoms with Crippen molar-refractivity contribution in [3.8, 4) is 0 Å². The molecule has 0 bridgehead atoms. The number of carbonyl (C=O) groups excluding carboxylic acids is 5. The molecule has 0 saturated carbocycles. The van der Waals surface area contributed by atoms with Gasteiger partial charge in [-0.25, -0.2) is 4.79 Å². The normalized spacial score (nSPS) is 17.9. The second-order valence-electron chi connectivity index (χ2n) is 12.8. The quantitative estimate of drug-likeness (QED) is 0.0975. The van der Waals surface area contributed by atoms with Crippen molar-refractivity contribution in [1.82, 2.24) is 26.2 Å². The van der Waals surface area contributed by atoms with Gasteiger partial charge in [-0.05, 0) is 49.6 Å². The van der Waals surface area contributed by atoms with Gasteiger partial charge in [0.1, 0.15) is 18.1 Å². The number of carboxylic acids is 1. The lowest BCUT2D eigenvalue weighted by atomic mass is 9.58. The maximum atomic E-state index is 13.6. The van der Waals surface area contributed by atoms with Crippen molar-refractivity contribution >= 4 is 42.4 Å². The van der Waals surface area contributed by atoms with Gasteiger partial charge in [0, 0.05) is 19.3 Å². The molecule has 1 aromatic rings. The van der Waals surface area contributed by atoms with Crippen molar-refractivity contribution < 1.29 is 38.9 Å². The summed E-state index contributed by atoms with van der Waals surface area (Å²) in [5.74, 6) is -5.39. The third-order valence-corrected chi connectivity index (χ3v) is 8.39. The highest BCUT2D eigenvalue weighted by molar-refractivity contribution is 6.53. The molecule has 1 fully saturated rings. The number of hydrogen-bond donors (Lipinski definition) is 7. The minimum absolute atomic E-state index is 0.0111. The van der Waals surface area contributed by atoms with Crippen LogP contribution in [0.1, 0.15) is 72.3 Å². The molecule has 14 nitrogen and oxygen atoms in total. The molecule has 0 spiro atoms. The molecular weight excluding hydrogens is 607 g/mol. The minimum atomic E-state index is -1.38. The maximum absolute atomic E-state index is 13.6. The van der Waals surface area contributed by atoms with E-state index in [-0.39, 0.29) is 24.7 Å². The molecule has 260 valence electrons. The fourth-order valence-electron chi connectivity index (χ4n) is 5.71. The van der Waals surface area contributed by atoms with Crippen molar-refractivity contribution in [3.63, 3.8) is 0 Å². The first-order chi connectivity index (χ1) is 22.1. The van der Waals surface area contributed by atoms with Gasteiger partial charge < -0.3 is 37.1 Å². The Morgan fingerprint density at radius 1 is 0.979 bits per heavy atom. The van der Waals surface area contributed by atoms with E-state index in [1.54, 1.807) is 11.8 Å². The Kier molecular flexibility index (Phi) is 15.8. The van der Waals surface area contributed by atoms with E-state index in [0.717, 1.165) is 5.56 Å². The van der Waals surface area contributed by atoms with E-state index < -0.39 is 79.0 Å². The minimum Gasteiger partial charge on any atom is -0.480 e. The number of likely N-dealkylation sites (tertiary alicyclic amines) is 1. The number of aliphatic carboxylic acids is 1. The Morgan fingerprint density at radius 2 is 1.62 bits per heavy atom. The number of nitrogens with zero attached hydrogens (tertiary/aromatic N) is 1. The number of carbonyl (C=O) groups is 6.